The third kappa shape index (κ3) is 4.23. The maximum absolute atomic E-state index is 12.6. The van der Waals surface area contributed by atoms with E-state index in [1.807, 2.05) is 23.1 Å². The van der Waals surface area contributed by atoms with Crippen LogP contribution in [0.3, 0.4) is 0 Å². The number of hydrogen-bond acceptors (Lipinski definition) is 4. The number of hydrogen-bond donors (Lipinski definition) is 1. The minimum absolute atomic E-state index is 0.281. The molecular formula is C17H19F3N4. The smallest absolute Gasteiger partial charge is 0.354 e. The lowest BCUT2D eigenvalue weighted by atomic mass is 10.1. The first kappa shape index (κ1) is 16.7. The van der Waals surface area contributed by atoms with Gasteiger partial charge < -0.3 is 10.2 Å². The van der Waals surface area contributed by atoms with E-state index in [0.717, 1.165) is 32.0 Å². The van der Waals surface area contributed by atoms with Gasteiger partial charge in [-0.2, -0.15) is 13.2 Å². The summed E-state index contributed by atoms with van der Waals surface area (Å²) in [6.07, 6.45) is -2.44. The lowest BCUT2D eigenvalue weighted by Gasteiger charge is -2.34. The number of aromatic nitrogens is 2. The van der Waals surface area contributed by atoms with E-state index in [1.54, 1.807) is 0 Å². The van der Waals surface area contributed by atoms with E-state index in [-0.39, 0.29) is 6.04 Å². The van der Waals surface area contributed by atoms with Crippen LogP contribution >= 0.6 is 0 Å². The molecule has 0 bridgehead atoms. The van der Waals surface area contributed by atoms with Gasteiger partial charge >= 0.3 is 6.18 Å². The lowest BCUT2D eigenvalue weighted by molar-refractivity contribution is -0.141. The van der Waals surface area contributed by atoms with Gasteiger partial charge in [-0.1, -0.05) is 30.3 Å². The van der Waals surface area contributed by atoms with E-state index in [2.05, 4.69) is 27.6 Å². The number of alkyl halides is 3. The minimum atomic E-state index is -4.45. The van der Waals surface area contributed by atoms with E-state index in [1.165, 1.54) is 11.6 Å². The zero-order valence-electron chi connectivity index (χ0n) is 13.1. The Morgan fingerprint density at radius 2 is 1.88 bits per heavy atom. The molecule has 4 nitrogen and oxygen atoms in total. The third-order valence-electron chi connectivity index (χ3n) is 4.12. The van der Waals surface area contributed by atoms with Crippen molar-refractivity contribution in [1.29, 1.82) is 0 Å². The topological polar surface area (TPSA) is 41.0 Å². The molecule has 7 heteroatoms. The van der Waals surface area contributed by atoms with E-state index in [9.17, 15) is 13.2 Å². The molecule has 1 atom stereocenters. The molecule has 1 unspecified atom stereocenters. The van der Waals surface area contributed by atoms with Gasteiger partial charge in [0.25, 0.3) is 0 Å². The molecule has 1 N–H and O–H groups in total. The predicted octanol–water partition coefficient (Wildman–Crippen LogP) is 3.25. The van der Waals surface area contributed by atoms with Crippen LogP contribution in [-0.4, -0.2) is 29.3 Å². The lowest BCUT2D eigenvalue weighted by Crippen LogP contribution is -2.45. The second kappa shape index (κ2) is 7.17. The summed E-state index contributed by atoms with van der Waals surface area (Å²) in [7, 11) is 0. The van der Waals surface area contributed by atoms with Crippen molar-refractivity contribution in [2.45, 2.75) is 31.6 Å². The van der Waals surface area contributed by atoms with Gasteiger partial charge in [0.2, 0.25) is 0 Å². The van der Waals surface area contributed by atoms with Crippen LogP contribution in [0.2, 0.25) is 0 Å². The Balaban J connectivity index is 1.59. The van der Waals surface area contributed by atoms with Crippen molar-refractivity contribution in [3.63, 3.8) is 0 Å². The molecular weight excluding hydrogens is 317 g/mol. The minimum Gasteiger partial charge on any atom is -0.354 e. The maximum Gasteiger partial charge on any atom is 0.435 e. The van der Waals surface area contributed by atoms with Crippen LogP contribution in [0.25, 0.3) is 0 Å². The molecule has 0 amide bonds. The number of nitrogens with zero attached hydrogens (tertiary/aromatic N) is 3. The van der Waals surface area contributed by atoms with Gasteiger partial charge in [0.05, 0.1) is 0 Å². The van der Waals surface area contributed by atoms with E-state index >= 15 is 0 Å². The Kier molecular flexibility index (Phi) is 4.99. The molecule has 1 aromatic carbocycles. The zero-order chi connectivity index (χ0) is 17.0. The van der Waals surface area contributed by atoms with Crippen molar-refractivity contribution >= 4 is 5.82 Å². The third-order valence-corrected chi connectivity index (χ3v) is 4.12. The Morgan fingerprint density at radius 3 is 2.54 bits per heavy atom. The normalized spacial score (nSPS) is 18.6. The quantitative estimate of drug-likeness (QED) is 0.930. The predicted molar refractivity (Wildman–Crippen MR) is 85.6 cm³/mol. The highest BCUT2D eigenvalue weighted by molar-refractivity contribution is 5.38. The largest absolute Gasteiger partial charge is 0.435 e. The van der Waals surface area contributed by atoms with Crippen molar-refractivity contribution in [1.82, 2.24) is 15.5 Å². The van der Waals surface area contributed by atoms with Crippen molar-refractivity contribution in [2.75, 3.05) is 18.0 Å². The van der Waals surface area contributed by atoms with Crippen molar-refractivity contribution in [3.8, 4) is 0 Å². The fraction of sp³-hybridized carbons (Fsp3) is 0.412. The number of nitrogens with one attached hydrogen (secondary N) is 1. The molecule has 0 saturated carbocycles. The fourth-order valence-corrected chi connectivity index (χ4v) is 2.85. The molecule has 2 heterocycles. The molecule has 1 aliphatic heterocycles. The monoisotopic (exact) mass is 336 g/mol. The highest BCUT2D eigenvalue weighted by Gasteiger charge is 2.33. The molecule has 1 aromatic heterocycles. The average molecular weight is 336 g/mol. The van der Waals surface area contributed by atoms with Crippen LogP contribution in [0.15, 0.2) is 42.5 Å². The van der Waals surface area contributed by atoms with Crippen LogP contribution < -0.4 is 10.2 Å². The Labute approximate surface area is 138 Å². The summed E-state index contributed by atoms with van der Waals surface area (Å²) in [4.78, 5) is 1.99. The van der Waals surface area contributed by atoms with Gasteiger partial charge in [-0.15, -0.1) is 10.2 Å². The Hall–Kier alpha value is -2.15. The summed E-state index contributed by atoms with van der Waals surface area (Å²) in [6.45, 7) is 2.27. The summed E-state index contributed by atoms with van der Waals surface area (Å²) >= 11 is 0. The molecule has 128 valence electrons. The van der Waals surface area contributed by atoms with E-state index in [0.29, 0.717) is 12.4 Å². The van der Waals surface area contributed by atoms with Crippen LogP contribution in [0, 0.1) is 0 Å². The second-order valence-electron chi connectivity index (χ2n) is 5.93. The summed E-state index contributed by atoms with van der Waals surface area (Å²) in [5, 5.41) is 10.6. The van der Waals surface area contributed by atoms with Crippen LogP contribution in [0.5, 0.6) is 0 Å². The SMILES string of the molecule is FC(F)(F)c1ccc(N2CCCC(NCc3ccccc3)C2)nn1. The molecule has 1 aliphatic rings. The second-order valence-corrected chi connectivity index (χ2v) is 5.93. The molecule has 0 aliphatic carbocycles. The van der Waals surface area contributed by atoms with Gasteiger partial charge in [0, 0.05) is 25.7 Å². The zero-order valence-corrected chi connectivity index (χ0v) is 13.1. The summed E-state index contributed by atoms with van der Waals surface area (Å²) in [5.74, 6) is 0.495. The first-order valence-corrected chi connectivity index (χ1v) is 7.95. The van der Waals surface area contributed by atoms with Crippen LogP contribution in [0.4, 0.5) is 19.0 Å². The summed E-state index contributed by atoms with van der Waals surface area (Å²) in [5.41, 5.74) is 0.256. The highest BCUT2D eigenvalue weighted by atomic mass is 19.4. The molecule has 2 aromatic rings. The number of piperidine rings is 1. The number of benzene rings is 1. The maximum atomic E-state index is 12.6. The number of halogens is 3. The molecule has 0 spiro atoms. The molecule has 1 saturated heterocycles. The molecule has 0 radical (unpaired) electrons. The van der Waals surface area contributed by atoms with Crippen molar-refractivity contribution in [3.05, 3.63) is 53.7 Å². The van der Waals surface area contributed by atoms with E-state index < -0.39 is 11.9 Å². The summed E-state index contributed by atoms with van der Waals surface area (Å²) < 4.78 is 37.7. The molecule has 3 rings (SSSR count). The first-order chi connectivity index (χ1) is 11.5. The van der Waals surface area contributed by atoms with Gasteiger partial charge in [-0.25, -0.2) is 0 Å². The Bertz CT molecular complexity index is 643. The highest BCUT2D eigenvalue weighted by Crippen LogP contribution is 2.28. The van der Waals surface area contributed by atoms with Gasteiger partial charge in [-0.05, 0) is 30.5 Å². The van der Waals surface area contributed by atoms with Crippen molar-refractivity contribution < 1.29 is 13.2 Å². The van der Waals surface area contributed by atoms with Crippen molar-refractivity contribution in [2.24, 2.45) is 0 Å². The number of anilines is 1. The summed E-state index contributed by atoms with van der Waals surface area (Å²) in [6, 6.07) is 12.8. The average Bonchev–Trinajstić information content (AvgIpc) is 2.60. The van der Waals surface area contributed by atoms with Crippen LogP contribution in [0.1, 0.15) is 24.1 Å². The first-order valence-electron chi connectivity index (χ1n) is 7.95. The van der Waals surface area contributed by atoms with Crippen LogP contribution in [-0.2, 0) is 12.7 Å². The molecule has 1 fully saturated rings. The van der Waals surface area contributed by atoms with Gasteiger partial charge in [0.15, 0.2) is 11.5 Å². The van der Waals surface area contributed by atoms with Gasteiger partial charge in [-0.3, -0.25) is 0 Å². The number of rotatable bonds is 4. The standard InChI is InChI=1S/C17H19F3N4/c18-17(19,20)15-8-9-16(23-22-15)24-10-4-7-14(12-24)21-11-13-5-2-1-3-6-13/h1-3,5-6,8-9,14,21H,4,7,10-12H2. The Morgan fingerprint density at radius 1 is 1.08 bits per heavy atom. The van der Waals surface area contributed by atoms with Gasteiger partial charge in [0.1, 0.15) is 0 Å². The molecule has 24 heavy (non-hydrogen) atoms. The van der Waals surface area contributed by atoms with E-state index in [4.69, 9.17) is 0 Å². The fourth-order valence-electron chi connectivity index (χ4n) is 2.85.